The van der Waals surface area contributed by atoms with Crippen LogP contribution < -0.4 is 16.0 Å². The van der Waals surface area contributed by atoms with Gasteiger partial charge in [0.05, 0.1) is 5.69 Å². The van der Waals surface area contributed by atoms with Gasteiger partial charge in [-0.3, -0.25) is 10.3 Å². The summed E-state index contributed by atoms with van der Waals surface area (Å²) in [5, 5.41) is 9.26. The van der Waals surface area contributed by atoms with Crippen LogP contribution in [0.25, 0.3) is 0 Å². The van der Waals surface area contributed by atoms with Crippen molar-refractivity contribution in [1.29, 1.82) is 0 Å². The highest BCUT2D eigenvalue weighted by molar-refractivity contribution is 6.06. The first kappa shape index (κ1) is 9.57. The molecule has 1 atom stereocenters. The fourth-order valence-corrected chi connectivity index (χ4v) is 1.33. The van der Waals surface area contributed by atoms with Crippen LogP contribution in [0.5, 0.6) is 0 Å². The molecule has 1 aliphatic rings. The number of anilines is 1. The van der Waals surface area contributed by atoms with Crippen LogP contribution in [-0.4, -0.2) is 30.1 Å². The van der Waals surface area contributed by atoms with E-state index >= 15 is 0 Å². The summed E-state index contributed by atoms with van der Waals surface area (Å²) in [5.41, 5.74) is 0.964. The highest BCUT2D eigenvalue weighted by atomic mass is 15.4. The van der Waals surface area contributed by atoms with Crippen molar-refractivity contribution in [3.8, 4) is 0 Å². The van der Waals surface area contributed by atoms with Gasteiger partial charge >= 0.3 is 0 Å². The van der Waals surface area contributed by atoms with Gasteiger partial charge in [-0.15, -0.1) is 0 Å². The highest BCUT2D eigenvalue weighted by Gasteiger charge is 2.13. The lowest BCUT2D eigenvalue weighted by Gasteiger charge is -2.23. The first-order valence-corrected chi connectivity index (χ1v) is 4.76. The van der Waals surface area contributed by atoms with E-state index in [4.69, 9.17) is 0 Å². The first-order valence-electron chi connectivity index (χ1n) is 4.76. The summed E-state index contributed by atoms with van der Waals surface area (Å²) in [4.78, 5) is 11.4. The van der Waals surface area contributed by atoms with Gasteiger partial charge in [-0.1, -0.05) is 0 Å². The third kappa shape index (κ3) is 2.28. The zero-order chi connectivity index (χ0) is 10.7. The number of guanidine groups is 2. The number of hydrogen-bond acceptors (Lipinski definition) is 3. The number of rotatable bonds is 1. The fourth-order valence-electron chi connectivity index (χ4n) is 1.33. The Bertz CT molecular complexity index is 377. The van der Waals surface area contributed by atoms with E-state index in [9.17, 15) is 0 Å². The number of aliphatic imine (C=N–C) groups is 2. The molecule has 0 saturated carbocycles. The molecule has 0 aromatic carbocycles. The van der Waals surface area contributed by atoms with Crippen LogP contribution in [0.1, 0.15) is 6.92 Å². The van der Waals surface area contributed by atoms with Crippen molar-refractivity contribution >= 4 is 17.6 Å². The van der Waals surface area contributed by atoms with Crippen molar-refractivity contribution in [2.45, 2.75) is 13.1 Å². The standard InChI is InChI=1S/C9H14N6/c1-6-12-8(10-2)15-9(13-6)14-7-3-4-11-5-7/h3-6,11H,1-2H3,(H3,10,12,13,14,15). The second-order valence-corrected chi connectivity index (χ2v) is 3.22. The molecular formula is C9H14N6. The lowest BCUT2D eigenvalue weighted by Crippen LogP contribution is -2.51. The van der Waals surface area contributed by atoms with Crippen molar-refractivity contribution in [2.75, 3.05) is 12.4 Å². The molecule has 2 rings (SSSR count). The molecule has 0 aliphatic carbocycles. The Morgan fingerprint density at radius 2 is 2.40 bits per heavy atom. The van der Waals surface area contributed by atoms with Crippen molar-refractivity contribution in [3.63, 3.8) is 0 Å². The number of aromatic nitrogens is 1. The fraction of sp³-hybridized carbons (Fsp3) is 0.333. The Balaban J connectivity index is 2.09. The third-order valence-corrected chi connectivity index (χ3v) is 1.99. The number of aromatic amines is 1. The number of nitrogens with one attached hydrogen (secondary N) is 4. The Labute approximate surface area is 87.9 Å². The van der Waals surface area contributed by atoms with E-state index in [2.05, 4.69) is 30.9 Å². The Morgan fingerprint density at radius 1 is 1.53 bits per heavy atom. The average Bonchev–Trinajstić information content (AvgIpc) is 2.69. The van der Waals surface area contributed by atoms with E-state index in [0.717, 1.165) is 11.6 Å². The Morgan fingerprint density at radius 3 is 3.07 bits per heavy atom. The molecule has 0 radical (unpaired) electrons. The molecule has 6 heteroatoms. The monoisotopic (exact) mass is 206 g/mol. The maximum atomic E-state index is 4.34. The second-order valence-electron chi connectivity index (χ2n) is 3.22. The predicted octanol–water partition coefficient (Wildman–Crippen LogP) is 0.307. The molecule has 4 N–H and O–H groups in total. The van der Waals surface area contributed by atoms with Crippen LogP contribution in [0.3, 0.4) is 0 Å². The summed E-state index contributed by atoms with van der Waals surface area (Å²) in [5.74, 6) is 1.41. The molecule has 2 heterocycles. The lowest BCUT2D eigenvalue weighted by atomic mass is 10.5. The molecule has 15 heavy (non-hydrogen) atoms. The second kappa shape index (κ2) is 4.04. The van der Waals surface area contributed by atoms with E-state index < -0.39 is 0 Å². The molecule has 80 valence electrons. The van der Waals surface area contributed by atoms with Gasteiger partial charge < -0.3 is 15.6 Å². The van der Waals surface area contributed by atoms with E-state index in [-0.39, 0.29) is 6.17 Å². The van der Waals surface area contributed by atoms with Gasteiger partial charge in [-0.2, -0.15) is 0 Å². The van der Waals surface area contributed by atoms with Gasteiger partial charge in [0.2, 0.25) is 5.96 Å². The van der Waals surface area contributed by atoms with Gasteiger partial charge in [0.25, 0.3) is 0 Å². The number of nitrogens with zero attached hydrogens (tertiary/aromatic N) is 2. The van der Waals surface area contributed by atoms with Crippen molar-refractivity contribution in [2.24, 2.45) is 9.98 Å². The van der Waals surface area contributed by atoms with Crippen LogP contribution in [0.4, 0.5) is 5.69 Å². The normalized spacial score (nSPS) is 22.9. The minimum absolute atomic E-state index is 0.0198. The molecular weight excluding hydrogens is 192 g/mol. The van der Waals surface area contributed by atoms with E-state index in [0.29, 0.717) is 5.96 Å². The summed E-state index contributed by atoms with van der Waals surface area (Å²) >= 11 is 0. The quantitative estimate of drug-likeness (QED) is 0.534. The summed E-state index contributed by atoms with van der Waals surface area (Å²) in [6, 6.07) is 1.93. The molecule has 0 spiro atoms. The number of H-pyrrole nitrogens is 1. The largest absolute Gasteiger partial charge is 0.366 e. The van der Waals surface area contributed by atoms with Gasteiger partial charge in [0, 0.05) is 19.4 Å². The van der Waals surface area contributed by atoms with Crippen molar-refractivity contribution in [1.82, 2.24) is 15.6 Å². The Hall–Kier alpha value is -1.98. The zero-order valence-electron chi connectivity index (χ0n) is 8.70. The maximum absolute atomic E-state index is 4.34. The zero-order valence-corrected chi connectivity index (χ0v) is 8.70. The minimum atomic E-state index is 0.0198. The van der Waals surface area contributed by atoms with Gasteiger partial charge in [0.1, 0.15) is 6.17 Å². The maximum Gasteiger partial charge on any atom is 0.204 e. The van der Waals surface area contributed by atoms with Crippen LogP contribution in [0.2, 0.25) is 0 Å². The molecule has 6 nitrogen and oxygen atoms in total. The topological polar surface area (TPSA) is 76.6 Å². The summed E-state index contributed by atoms with van der Waals surface area (Å²) in [7, 11) is 1.72. The molecule has 1 aromatic heterocycles. The predicted molar refractivity (Wildman–Crippen MR) is 60.9 cm³/mol. The molecule has 1 aromatic rings. The molecule has 0 saturated heterocycles. The SMILES string of the molecule is CN=C1NC(Nc2cc[nH]c2)=NC(C)N1. The van der Waals surface area contributed by atoms with E-state index in [1.165, 1.54) is 0 Å². The molecule has 0 amide bonds. The van der Waals surface area contributed by atoms with Crippen molar-refractivity contribution < 1.29 is 0 Å². The summed E-state index contributed by atoms with van der Waals surface area (Å²) in [6.07, 6.45) is 3.73. The van der Waals surface area contributed by atoms with Gasteiger partial charge in [-0.05, 0) is 13.0 Å². The summed E-state index contributed by atoms with van der Waals surface area (Å²) < 4.78 is 0. The Kier molecular flexibility index (Phi) is 2.57. The first-order chi connectivity index (χ1) is 7.28. The molecule has 1 aliphatic heterocycles. The van der Waals surface area contributed by atoms with Crippen LogP contribution in [0.15, 0.2) is 28.4 Å². The highest BCUT2D eigenvalue weighted by Crippen LogP contribution is 2.04. The van der Waals surface area contributed by atoms with Crippen molar-refractivity contribution in [3.05, 3.63) is 18.5 Å². The molecule has 0 bridgehead atoms. The summed E-state index contributed by atoms with van der Waals surface area (Å²) in [6.45, 7) is 1.96. The molecule has 0 fully saturated rings. The van der Waals surface area contributed by atoms with Gasteiger partial charge in [-0.25, -0.2) is 4.99 Å². The minimum Gasteiger partial charge on any atom is -0.366 e. The lowest BCUT2D eigenvalue weighted by molar-refractivity contribution is 0.668. The van der Waals surface area contributed by atoms with Crippen LogP contribution >= 0.6 is 0 Å². The van der Waals surface area contributed by atoms with E-state index in [1.54, 1.807) is 7.05 Å². The molecule has 1 unspecified atom stereocenters. The van der Waals surface area contributed by atoms with Gasteiger partial charge in [0.15, 0.2) is 5.96 Å². The smallest absolute Gasteiger partial charge is 0.204 e. The van der Waals surface area contributed by atoms with E-state index in [1.807, 2.05) is 25.4 Å². The third-order valence-electron chi connectivity index (χ3n) is 1.99. The van der Waals surface area contributed by atoms with Crippen LogP contribution in [-0.2, 0) is 0 Å². The number of hydrogen-bond donors (Lipinski definition) is 4. The average molecular weight is 206 g/mol. The van der Waals surface area contributed by atoms with Crippen LogP contribution in [0, 0.1) is 0 Å².